The Morgan fingerprint density at radius 1 is 1.29 bits per heavy atom. The van der Waals surface area contributed by atoms with Gasteiger partial charge in [0.15, 0.2) is 0 Å². The molecule has 2 heteroatoms. The van der Waals surface area contributed by atoms with Gasteiger partial charge in [0, 0.05) is 6.61 Å². The Kier molecular flexibility index (Phi) is 6.20. The van der Waals surface area contributed by atoms with Crippen LogP contribution >= 0.6 is 0 Å². The maximum atomic E-state index is 5.95. The molecule has 0 aromatic heterocycles. The molecule has 0 heterocycles. The quantitative estimate of drug-likeness (QED) is 0.664. The van der Waals surface area contributed by atoms with Gasteiger partial charge in [-0.2, -0.15) is 0 Å². The molecule has 0 bridgehead atoms. The predicted octanol–water partition coefficient (Wildman–Crippen LogP) is 2.58. The van der Waals surface area contributed by atoms with Crippen LogP contribution in [0.2, 0.25) is 0 Å². The summed E-state index contributed by atoms with van der Waals surface area (Å²) < 4.78 is 5.95. The van der Waals surface area contributed by atoms with Gasteiger partial charge in [0.25, 0.3) is 0 Å². The molecule has 0 aromatic carbocycles. The molecule has 1 fully saturated rings. The molecule has 0 radical (unpaired) electrons. The molecule has 1 rings (SSSR count). The van der Waals surface area contributed by atoms with Crippen molar-refractivity contribution >= 4 is 0 Å². The fourth-order valence-electron chi connectivity index (χ4n) is 2.34. The third-order valence-corrected chi connectivity index (χ3v) is 3.27. The fourth-order valence-corrected chi connectivity index (χ4v) is 2.34. The number of hydrogen-bond acceptors (Lipinski definition) is 2. The van der Waals surface area contributed by atoms with E-state index in [4.69, 9.17) is 4.74 Å². The molecule has 2 nitrogen and oxygen atoms in total. The molecule has 2 unspecified atom stereocenters. The van der Waals surface area contributed by atoms with Crippen molar-refractivity contribution in [2.24, 2.45) is 5.92 Å². The van der Waals surface area contributed by atoms with E-state index in [0.717, 1.165) is 25.5 Å². The molecule has 1 aliphatic rings. The van der Waals surface area contributed by atoms with Gasteiger partial charge >= 0.3 is 0 Å². The first kappa shape index (κ1) is 12.0. The van der Waals surface area contributed by atoms with Crippen molar-refractivity contribution in [1.29, 1.82) is 0 Å². The lowest BCUT2D eigenvalue weighted by molar-refractivity contribution is -0.0126. The van der Waals surface area contributed by atoms with Crippen LogP contribution in [0.25, 0.3) is 0 Å². The summed E-state index contributed by atoms with van der Waals surface area (Å²) in [4.78, 5) is 0. The van der Waals surface area contributed by atoms with E-state index in [1.165, 1.54) is 32.1 Å². The van der Waals surface area contributed by atoms with Crippen LogP contribution in [0.4, 0.5) is 0 Å². The minimum absolute atomic E-state index is 0.561. The molecule has 1 aliphatic carbocycles. The van der Waals surface area contributed by atoms with Gasteiger partial charge in [-0.3, -0.25) is 0 Å². The highest BCUT2D eigenvalue weighted by molar-refractivity contribution is 4.74. The molecule has 84 valence electrons. The zero-order chi connectivity index (χ0) is 10.2. The van der Waals surface area contributed by atoms with E-state index < -0.39 is 0 Å². The first-order valence-corrected chi connectivity index (χ1v) is 6.14. The maximum absolute atomic E-state index is 5.95. The molecule has 0 saturated heterocycles. The first-order chi connectivity index (χ1) is 6.88. The Balaban J connectivity index is 2.13. The van der Waals surface area contributed by atoms with Crippen molar-refractivity contribution in [2.75, 3.05) is 20.2 Å². The molecule has 0 aromatic rings. The average Bonchev–Trinajstić information content (AvgIpc) is 2.25. The van der Waals surface area contributed by atoms with Gasteiger partial charge in [-0.1, -0.05) is 26.2 Å². The van der Waals surface area contributed by atoms with E-state index in [-0.39, 0.29) is 0 Å². The van der Waals surface area contributed by atoms with Crippen LogP contribution in [0.5, 0.6) is 0 Å². The van der Waals surface area contributed by atoms with Crippen molar-refractivity contribution in [3.8, 4) is 0 Å². The van der Waals surface area contributed by atoms with E-state index in [1.807, 2.05) is 7.05 Å². The normalized spacial score (nSPS) is 27.9. The molecule has 14 heavy (non-hydrogen) atoms. The third kappa shape index (κ3) is 3.97. The van der Waals surface area contributed by atoms with Gasteiger partial charge in [-0.05, 0) is 38.8 Å². The predicted molar refractivity (Wildman–Crippen MR) is 60.5 cm³/mol. The zero-order valence-corrected chi connectivity index (χ0v) is 9.72. The second-order valence-corrected chi connectivity index (χ2v) is 4.32. The number of ether oxygens (including phenoxy) is 1. The topological polar surface area (TPSA) is 21.3 Å². The minimum Gasteiger partial charge on any atom is -0.378 e. The molecule has 2 atom stereocenters. The summed E-state index contributed by atoms with van der Waals surface area (Å²) in [5.41, 5.74) is 0. The monoisotopic (exact) mass is 199 g/mol. The van der Waals surface area contributed by atoms with Gasteiger partial charge in [-0.25, -0.2) is 0 Å². The Bertz CT molecular complexity index is 138. The van der Waals surface area contributed by atoms with Crippen molar-refractivity contribution < 1.29 is 4.74 Å². The van der Waals surface area contributed by atoms with Crippen molar-refractivity contribution in [1.82, 2.24) is 5.32 Å². The summed E-state index contributed by atoms with van der Waals surface area (Å²) in [7, 11) is 2.00. The van der Waals surface area contributed by atoms with Crippen LogP contribution < -0.4 is 5.32 Å². The van der Waals surface area contributed by atoms with Crippen molar-refractivity contribution in [3.05, 3.63) is 0 Å². The molecule has 0 aliphatic heterocycles. The standard InChI is InChI=1S/C12H25NO/c1-3-11-7-4-5-8-12(11)14-10-6-9-13-2/h11-13H,3-10H2,1-2H3. The van der Waals surface area contributed by atoms with E-state index in [2.05, 4.69) is 12.2 Å². The molecule has 0 amide bonds. The van der Waals surface area contributed by atoms with Crippen LogP contribution in [0.15, 0.2) is 0 Å². The van der Waals surface area contributed by atoms with Crippen LogP contribution in [-0.2, 0) is 4.74 Å². The Morgan fingerprint density at radius 2 is 2.07 bits per heavy atom. The van der Waals surface area contributed by atoms with E-state index >= 15 is 0 Å². The summed E-state index contributed by atoms with van der Waals surface area (Å²) in [5.74, 6) is 0.832. The first-order valence-electron chi connectivity index (χ1n) is 6.14. The van der Waals surface area contributed by atoms with E-state index in [9.17, 15) is 0 Å². The number of hydrogen-bond donors (Lipinski definition) is 1. The van der Waals surface area contributed by atoms with Gasteiger partial charge in [-0.15, -0.1) is 0 Å². The summed E-state index contributed by atoms with van der Waals surface area (Å²) in [6.07, 6.45) is 8.44. The second-order valence-electron chi connectivity index (χ2n) is 4.32. The van der Waals surface area contributed by atoms with Gasteiger partial charge in [0.05, 0.1) is 6.10 Å². The van der Waals surface area contributed by atoms with Crippen molar-refractivity contribution in [2.45, 2.75) is 51.6 Å². The largest absolute Gasteiger partial charge is 0.378 e. The second kappa shape index (κ2) is 7.24. The Morgan fingerprint density at radius 3 is 2.79 bits per heavy atom. The van der Waals surface area contributed by atoms with Crippen LogP contribution in [0.1, 0.15) is 45.4 Å². The molecule has 1 N–H and O–H groups in total. The smallest absolute Gasteiger partial charge is 0.0603 e. The van der Waals surface area contributed by atoms with Gasteiger partial charge in [0.1, 0.15) is 0 Å². The van der Waals surface area contributed by atoms with Gasteiger partial charge < -0.3 is 10.1 Å². The third-order valence-electron chi connectivity index (χ3n) is 3.27. The molecule has 1 saturated carbocycles. The SMILES string of the molecule is CCC1CCCCC1OCCCNC. The summed E-state index contributed by atoms with van der Waals surface area (Å²) >= 11 is 0. The summed E-state index contributed by atoms with van der Waals surface area (Å²) in [5, 5.41) is 3.15. The van der Waals surface area contributed by atoms with Crippen molar-refractivity contribution in [3.63, 3.8) is 0 Å². The number of rotatable bonds is 6. The number of nitrogens with one attached hydrogen (secondary N) is 1. The average molecular weight is 199 g/mol. The highest BCUT2D eigenvalue weighted by Crippen LogP contribution is 2.28. The lowest BCUT2D eigenvalue weighted by Crippen LogP contribution is -2.28. The zero-order valence-electron chi connectivity index (χ0n) is 9.72. The van der Waals surface area contributed by atoms with Gasteiger partial charge in [0.2, 0.25) is 0 Å². The van der Waals surface area contributed by atoms with Crippen LogP contribution in [-0.4, -0.2) is 26.3 Å². The Hall–Kier alpha value is -0.0800. The molecular weight excluding hydrogens is 174 g/mol. The summed E-state index contributed by atoms with van der Waals surface area (Å²) in [6.45, 7) is 4.30. The van der Waals surface area contributed by atoms with E-state index in [0.29, 0.717) is 6.10 Å². The Labute approximate surface area is 88.4 Å². The lowest BCUT2D eigenvalue weighted by atomic mass is 9.85. The molecular formula is C12H25NO. The van der Waals surface area contributed by atoms with Crippen LogP contribution in [0, 0.1) is 5.92 Å². The maximum Gasteiger partial charge on any atom is 0.0603 e. The fraction of sp³-hybridized carbons (Fsp3) is 1.00. The van der Waals surface area contributed by atoms with Crippen LogP contribution in [0.3, 0.4) is 0 Å². The molecule has 0 spiro atoms. The minimum atomic E-state index is 0.561. The highest BCUT2D eigenvalue weighted by Gasteiger charge is 2.23. The highest BCUT2D eigenvalue weighted by atomic mass is 16.5. The lowest BCUT2D eigenvalue weighted by Gasteiger charge is -2.30. The van der Waals surface area contributed by atoms with E-state index in [1.54, 1.807) is 0 Å². The summed E-state index contributed by atoms with van der Waals surface area (Å²) in [6, 6.07) is 0.